The molecule has 1 aromatic heterocycles. The van der Waals surface area contributed by atoms with Gasteiger partial charge in [-0.05, 0) is 31.0 Å². The second-order valence-electron chi connectivity index (χ2n) is 5.41. The second-order valence-corrected chi connectivity index (χ2v) is 5.84. The molecule has 0 spiro atoms. The van der Waals surface area contributed by atoms with Crippen molar-refractivity contribution in [3.63, 3.8) is 0 Å². The molecular formula is C17H17ClN2O. The summed E-state index contributed by atoms with van der Waals surface area (Å²) in [5.41, 5.74) is 1.75. The maximum absolute atomic E-state index is 12.6. The van der Waals surface area contributed by atoms with Crippen LogP contribution < -0.4 is 0 Å². The van der Waals surface area contributed by atoms with Crippen LogP contribution >= 0.6 is 11.6 Å². The van der Waals surface area contributed by atoms with E-state index in [9.17, 15) is 4.79 Å². The number of carbonyl (C=O) groups is 1. The molecule has 3 rings (SSSR count). The van der Waals surface area contributed by atoms with E-state index in [0.29, 0.717) is 16.6 Å². The molecule has 0 N–H and O–H groups in total. The van der Waals surface area contributed by atoms with Crippen LogP contribution in [-0.2, 0) is 0 Å². The van der Waals surface area contributed by atoms with Crippen molar-refractivity contribution in [1.82, 2.24) is 9.88 Å². The zero-order valence-electron chi connectivity index (χ0n) is 11.9. The highest BCUT2D eigenvalue weighted by atomic mass is 35.5. The van der Waals surface area contributed by atoms with Gasteiger partial charge in [-0.2, -0.15) is 0 Å². The van der Waals surface area contributed by atoms with Gasteiger partial charge in [-0.25, -0.2) is 4.98 Å². The number of likely N-dealkylation sites (tertiary alicyclic amines) is 1. The van der Waals surface area contributed by atoms with Crippen LogP contribution in [-0.4, -0.2) is 28.4 Å². The Kier molecular flexibility index (Phi) is 3.93. The van der Waals surface area contributed by atoms with Gasteiger partial charge in [0, 0.05) is 24.7 Å². The van der Waals surface area contributed by atoms with Crippen molar-refractivity contribution in [3.8, 4) is 0 Å². The monoisotopic (exact) mass is 300 g/mol. The topological polar surface area (TPSA) is 33.2 Å². The van der Waals surface area contributed by atoms with Crippen LogP contribution in [0.25, 0.3) is 0 Å². The van der Waals surface area contributed by atoms with E-state index in [1.807, 2.05) is 23.1 Å². The molecule has 1 amide bonds. The van der Waals surface area contributed by atoms with Crippen LogP contribution in [0.15, 0.2) is 48.7 Å². The highest BCUT2D eigenvalue weighted by Crippen LogP contribution is 2.33. The predicted octanol–water partition coefficient (Wildman–Crippen LogP) is 3.75. The minimum atomic E-state index is -0.0161. The van der Waals surface area contributed by atoms with Crippen LogP contribution in [0, 0.1) is 0 Å². The quantitative estimate of drug-likeness (QED) is 0.846. The molecule has 3 nitrogen and oxygen atoms in total. The number of halogens is 1. The largest absolute Gasteiger partial charge is 0.334 e. The summed E-state index contributed by atoms with van der Waals surface area (Å²) in [6.07, 6.45) is 2.51. The van der Waals surface area contributed by atoms with Crippen molar-refractivity contribution >= 4 is 17.5 Å². The summed E-state index contributed by atoms with van der Waals surface area (Å²) in [6.45, 7) is 2.88. The number of aromatic nitrogens is 1. The van der Waals surface area contributed by atoms with Crippen molar-refractivity contribution in [2.45, 2.75) is 25.3 Å². The third kappa shape index (κ3) is 2.79. The van der Waals surface area contributed by atoms with Gasteiger partial charge in [-0.1, -0.05) is 41.9 Å². The van der Waals surface area contributed by atoms with E-state index in [-0.39, 0.29) is 11.9 Å². The minimum absolute atomic E-state index is 0.0161. The van der Waals surface area contributed by atoms with Gasteiger partial charge in [0.25, 0.3) is 5.91 Å². The first kappa shape index (κ1) is 14.1. The summed E-state index contributed by atoms with van der Waals surface area (Å²) in [5.74, 6) is 0.375. The Morgan fingerprint density at radius 1 is 1.24 bits per heavy atom. The molecule has 1 fully saturated rings. The maximum atomic E-state index is 12.6. The standard InChI is InChI=1S/C17H17ClN2O/c1-12-15(13-5-3-2-4-6-13)9-10-20(12)17(21)16-8-7-14(18)11-19-16/h2-8,11-12,15H,9-10H2,1H3. The number of hydrogen-bond acceptors (Lipinski definition) is 2. The van der Waals surface area contributed by atoms with Gasteiger partial charge in [-0.15, -0.1) is 0 Å². The zero-order chi connectivity index (χ0) is 14.8. The number of amides is 1. The fourth-order valence-electron chi connectivity index (χ4n) is 3.02. The average molecular weight is 301 g/mol. The molecule has 2 heterocycles. The first-order chi connectivity index (χ1) is 10.2. The molecule has 1 saturated heterocycles. The fraction of sp³-hybridized carbons (Fsp3) is 0.294. The molecule has 2 aromatic rings. The van der Waals surface area contributed by atoms with Gasteiger partial charge in [0.2, 0.25) is 0 Å². The lowest BCUT2D eigenvalue weighted by Crippen LogP contribution is -2.35. The molecule has 1 aliphatic rings. The lowest BCUT2D eigenvalue weighted by molar-refractivity contribution is 0.0736. The zero-order valence-corrected chi connectivity index (χ0v) is 12.6. The molecule has 1 aliphatic heterocycles. The summed E-state index contributed by atoms with van der Waals surface area (Å²) in [7, 11) is 0. The van der Waals surface area contributed by atoms with Gasteiger partial charge in [0.05, 0.1) is 5.02 Å². The first-order valence-electron chi connectivity index (χ1n) is 7.14. The third-order valence-corrected chi connectivity index (χ3v) is 4.41. The first-order valence-corrected chi connectivity index (χ1v) is 7.52. The molecule has 0 aliphatic carbocycles. The van der Waals surface area contributed by atoms with E-state index in [4.69, 9.17) is 11.6 Å². The molecule has 4 heteroatoms. The second kappa shape index (κ2) is 5.86. The molecule has 1 aromatic carbocycles. The van der Waals surface area contributed by atoms with Gasteiger partial charge in [-0.3, -0.25) is 4.79 Å². The Bertz CT molecular complexity index is 627. The van der Waals surface area contributed by atoms with E-state index >= 15 is 0 Å². The van der Waals surface area contributed by atoms with Crippen LogP contribution in [0.5, 0.6) is 0 Å². The molecule has 21 heavy (non-hydrogen) atoms. The Labute approximate surface area is 129 Å². The van der Waals surface area contributed by atoms with Gasteiger partial charge >= 0.3 is 0 Å². The SMILES string of the molecule is CC1C(c2ccccc2)CCN1C(=O)c1ccc(Cl)cn1. The third-order valence-electron chi connectivity index (χ3n) is 4.19. The van der Waals surface area contributed by atoms with Gasteiger partial charge in [0.15, 0.2) is 0 Å². The van der Waals surface area contributed by atoms with Crippen LogP contribution in [0.3, 0.4) is 0 Å². The van der Waals surface area contributed by atoms with Crippen LogP contribution in [0.1, 0.15) is 35.3 Å². The molecule has 108 valence electrons. The number of rotatable bonds is 2. The van der Waals surface area contributed by atoms with Crippen molar-refractivity contribution in [3.05, 3.63) is 64.9 Å². The lowest BCUT2D eigenvalue weighted by atomic mass is 9.93. The molecule has 2 unspecified atom stereocenters. The minimum Gasteiger partial charge on any atom is -0.334 e. The summed E-state index contributed by atoms with van der Waals surface area (Å²) >= 11 is 5.82. The lowest BCUT2D eigenvalue weighted by Gasteiger charge is -2.24. The van der Waals surface area contributed by atoms with Gasteiger partial charge in [0.1, 0.15) is 5.69 Å². The van der Waals surface area contributed by atoms with E-state index in [0.717, 1.165) is 13.0 Å². The Morgan fingerprint density at radius 3 is 2.67 bits per heavy atom. The van der Waals surface area contributed by atoms with Crippen LogP contribution in [0.2, 0.25) is 5.02 Å². The number of pyridine rings is 1. The van der Waals surface area contributed by atoms with Gasteiger partial charge < -0.3 is 4.90 Å². The van der Waals surface area contributed by atoms with Crippen molar-refractivity contribution < 1.29 is 4.79 Å². The molecule has 0 saturated carbocycles. The molecule has 0 radical (unpaired) electrons. The molecule has 0 bridgehead atoms. The highest BCUT2D eigenvalue weighted by molar-refractivity contribution is 6.30. The van der Waals surface area contributed by atoms with Crippen molar-refractivity contribution in [2.24, 2.45) is 0 Å². The van der Waals surface area contributed by atoms with Crippen molar-refractivity contribution in [1.29, 1.82) is 0 Å². The molecule has 2 atom stereocenters. The normalized spacial score (nSPS) is 21.5. The predicted molar refractivity (Wildman–Crippen MR) is 83.5 cm³/mol. The van der Waals surface area contributed by atoms with E-state index in [1.165, 1.54) is 11.8 Å². The summed E-state index contributed by atoms with van der Waals surface area (Å²) in [4.78, 5) is 18.6. The maximum Gasteiger partial charge on any atom is 0.272 e. The van der Waals surface area contributed by atoms with Crippen molar-refractivity contribution in [2.75, 3.05) is 6.54 Å². The Balaban J connectivity index is 1.79. The molecular weight excluding hydrogens is 284 g/mol. The fourth-order valence-corrected chi connectivity index (χ4v) is 3.13. The summed E-state index contributed by atoms with van der Waals surface area (Å²) < 4.78 is 0. The Morgan fingerprint density at radius 2 is 2.00 bits per heavy atom. The van der Waals surface area contributed by atoms with E-state index in [1.54, 1.807) is 12.1 Å². The number of benzene rings is 1. The smallest absolute Gasteiger partial charge is 0.272 e. The Hall–Kier alpha value is -1.87. The number of carbonyl (C=O) groups excluding carboxylic acids is 1. The van der Waals surface area contributed by atoms with E-state index in [2.05, 4.69) is 24.0 Å². The summed E-state index contributed by atoms with van der Waals surface area (Å²) in [6, 6.07) is 14.0. The van der Waals surface area contributed by atoms with E-state index < -0.39 is 0 Å². The van der Waals surface area contributed by atoms with Crippen LogP contribution in [0.4, 0.5) is 0 Å². The number of nitrogens with zero attached hydrogens (tertiary/aromatic N) is 2. The summed E-state index contributed by atoms with van der Waals surface area (Å²) in [5, 5.41) is 0.545. The average Bonchev–Trinajstić information content (AvgIpc) is 2.90. The highest BCUT2D eigenvalue weighted by Gasteiger charge is 2.35. The number of hydrogen-bond donors (Lipinski definition) is 0.